The Morgan fingerprint density at radius 3 is 2.65 bits per heavy atom. The minimum Gasteiger partial charge on any atom is -0.449 e. The van der Waals surface area contributed by atoms with Crippen molar-refractivity contribution in [1.29, 1.82) is 0 Å². The fourth-order valence-electron chi connectivity index (χ4n) is 4.51. The molecule has 8 nitrogen and oxygen atoms in total. The van der Waals surface area contributed by atoms with Crippen LogP contribution in [-0.2, 0) is 21.1 Å². The van der Waals surface area contributed by atoms with Gasteiger partial charge in [-0.2, -0.15) is 0 Å². The zero-order chi connectivity index (χ0) is 23.5. The minimum absolute atomic E-state index is 0.213. The van der Waals surface area contributed by atoms with Crippen LogP contribution in [0, 0.1) is 0 Å². The number of carbonyl (C=O) groups is 1. The Morgan fingerprint density at radius 2 is 1.94 bits per heavy atom. The number of hydrogen-bond donors (Lipinski definition) is 1. The van der Waals surface area contributed by atoms with Gasteiger partial charge in [0.25, 0.3) is 5.91 Å². The number of nitrogens with zero attached hydrogens (tertiary/aromatic N) is 2. The van der Waals surface area contributed by atoms with Crippen LogP contribution in [0.2, 0.25) is 0 Å². The highest BCUT2D eigenvalue weighted by Gasteiger charge is 2.32. The number of benzene rings is 1. The van der Waals surface area contributed by atoms with E-state index in [4.69, 9.17) is 9.15 Å². The molecular formula is C25H27N3O5S. The fraction of sp³-hybridized carbons (Fsp3) is 0.360. The highest BCUT2D eigenvalue weighted by atomic mass is 32.2. The van der Waals surface area contributed by atoms with Gasteiger partial charge >= 0.3 is 0 Å². The Morgan fingerprint density at radius 1 is 1.15 bits per heavy atom. The highest BCUT2D eigenvalue weighted by Crippen LogP contribution is 2.27. The molecule has 1 amide bonds. The molecular weight excluding hydrogens is 454 g/mol. The molecule has 0 radical (unpaired) electrons. The summed E-state index contributed by atoms with van der Waals surface area (Å²) in [5.74, 6) is -0.121. The summed E-state index contributed by atoms with van der Waals surface area (Å²) < 4.78 is 37.3. The summed E-state index contributed by atoms with van der Waals surface area (Å²) in [6, 6.07) is 10.2. The largest absolute Gasteiger partial charge is 0.449 e. The molecule has 4 heterocycles. The number of nitrogens with one attached hydrogen (secondary N) is 1. The van der Waals surface area contributed by atoms with E-state index in [0.29, 0.717) is 29.9 Å². The maximum absolute atomic E-state index is 13.2. The molecule has 1 aromatic carbocycles. The number of fused-ring (bicyclic) bond motifs is 1. The monoisotopic (exact) mass is 481 g/mol. The van der Waals surface area contributed by atoms with Gasteiger partial charge in [-0.3, -0.25) is 9.78 Å². The molecule has 178 valence electrons. The van der Waals surface area contributed by atoms with E-state index >= 15 is 0 Å². The lowest BCUT2D eigenvalue weighted by atomic mass is 10.1. The predicted molar refractivity (Wildman–Crippen MR) is 127 cm³/mol. The fourth-order valence-corrected chi connectivity index (χ4v) is 6.24. The third kappa shape index (κ3) is 4.71. The summed E-state index contributed by atoms with van der Waals surface area (Å²) in [5, 5.41) is 3.24. The van der Waals surface area contributed by atoms with Crippen LogP contribution in [0.5, 0.6) is 0 Å². The normalized spacial score (nSPS) is 17.5. The van der Waals surface area contributed by atoms with Gasteiger partial charge in [-0.25, -0.2) is 8.42 Å². The van der Waals surface area contributed by atoms with E-state index in [9.17, 15) is 13.2 Å². The van der Waals surface area contributed by atoms with Crippen molar-refractivity contribution in [3.8, 4) is 0 Å². The molecule has 1 saturated heterocycles. The molecule has 0 atom stereocenters. The Labute approximate surface area is 198 Å². The zero-order valence-corrected chi connectivity index (χ0v) is 19.6. The summed E-state index contributed by atoms with van der Waals surface area (Å²) in [7, 11) is -3.40. The molecule has 1 N–H and O–H groups in total. The summed E-state index contributed by atoms with van der Waals surface area (Å²) in [6.07, 6.45) is 7.43. The van der Waals surface area contributed by atoms with Crippen LogP contribution in [0.4, 0.5) is 0 Å². The standard InChI is InChI=1S/C25H27N3O5S/c29-25(23-15-19-5-10-26-17-24(19)33-23)27-16-18-1-3-21(4-2-18)34(30,31)22-6-11-28(12-7-22)20-8-13-32-14-9-20/h1-5,8,10,15,17,22H,6-7,9,11-14,16H2,(H,27,29). The molecule has 0 bridgehead atoms. The van der Waals surface area contributed by atoms with Gasteiger partial charge < -0.3 is 19.4 Å². The SMILES string of the molecule is O=C(NCc1ccc(S(=O)(=O)C2CCN(C3=CCOCC3)CC2)cc1)c1cc2ccncc2o1. The Hall–Kier alpha value is -3.17. The average Bonchev–Trinajstić information content (AvgIpc) is 3.33. The first-order valence-electron chi connectivity index (χ1n) is 11.5. The molecule has 2 aliphatic heterocycles. The topological polar surface area (TPSA) is 102 Å². The lowest BCUT2D eigenvalue weighted by Crippen LogP contribution is -2.39. The van der Waals surface area contributed by atoms with Gasteiger partial charge in [0.2, 0.25) is 0 Å². The smallest absolute Gasteiger partial charge is 0.287 e. The molecule has 0 aliphatic carbocycles. The third-order valence-electron chi connectivity index (χ3n) is 6.48. The second kappa shape index (κ2) is 9.60. The molecule has 0 spiro atoms. The van der Waals surface area contributed by atoms with Crippen molar-refractivity contribution in [1.82, 2.24) is 15.2 Å². The predicted octanol–water partition coefficient (Wildman–Crippen LogP) is 3.30. The van der Waals surface area contributed by atoms with Gasteiger partial charge in [0.15, 0.2) is 21.2 Å². The highest BCUT2D eigenvalue weighted by molar-refractivity contribution is 7.92. The van der Waals surface area contributed by atoms with Crippen molar-refractivity contribution in [3.05, 3.63) is 71.9 Å². The number of amides is 1. The number of ether oxygens (including phenoxy) is 1. The Balaban J connectivity index is 1.18. The first-order chi connectivity index (χ1) is 16.5. The van der Waals surface area contributed by atoms with Crippen molar-refractivity contribution in [2.45, 2.75) is 36.0 Å². The molecule has 34 heavy (non-hydrogen) atoms. The summed E-state index contributed by atoms with van der Waals surface area (Å²) in [5.41, 5.74) is 2.64. The maximum Gasteiger partial charge on any atom is 0.287 e. The zero-order valence-electron chi connectivity index (χ0n) is 18.8. The first-order valence-corrected chi connectivity index (χ1v) is 13.0. The van der Waals surface area contributed by atoms with Gasteiger partial charge in [0, 0.05) is 43.3 Å². The number of piperidine rings is 1. The second-order valence-corrected chi connectivity index (χ2v) is 10.8. The minimum atomic E-state index is -3.40. The van der Waals surface area contributed by atoms with Gasteiger partial charge in [-0.05, 0) is 48.7 Å². The van der Waals surface area contributed by atoms with Crippen molar-refractivity contribution >= 4 is 26.7 Å². The van der Waals surface area contributed by atoms with Crippen molar-refractivity contribution < 1.29 is 22.4 Å². The van der Waals surface area contributed by atoms with E-state index in [-0.39, 0.29) is 23.5 Å². The average molecular weight is 482 g/mol. The lowest BCUT2D eigenvalue weighted by Gasteiger charge is -2.36. The molecule has 1 fully saturated rings. The number of hydrogen-bond acceptors (Lipinski definition) is 7. The van der Waals surface area contributed by atoms with Crippen LogP contribution in [0.15, 0.2) is 69.9 Å². The summed E-state index contributed by atoms with van der Waals surface area (Å²) in [6.45, 7) is 3.13. The number of rotatable bonds is 6. The summed E-state index contributed by atoms with van der Waals surface area (Å²) >= 11 is 0. The lowest BCUT2D eigenvalue weighted by molar-refractivity contribution is 0.0925. The first kappa shape index (κ1) is 22.6. The molecule has 0 unspecified atom stereocenters. The van der Waals surface area contributed by atoms with Gasteiger partial charge in [-0.1, -0.05) is 12.1 Å². The molecule has 2 aliphatic rings. The van der Waals surface area contributed by atoms with Gasteiger partial charge in [0.1, 0.15) is 0 Å². The van der Waals surface area contributed by atoms with Gasteiger partial charge in [-0.15, -0.1) is 0 Å². The second-order valence-electron chi connectivity index (χ2n) is 8.60. The van der Waals surface area contributed by atoms with Crippen LogP contribution >= 0.6 is 0 Å². The van der Waals surface area contributed by atoms with Gasteiger partial charge in [0.05, 0.1) is 29.6 Å². The van der Waals surface area contributed by atoms with E-state index < -0.39 is 9.84 Å². The van der Waals surface area contributed by atoms with E-state index in [0.717, 1.165) is 37.1 Å². The van der Waals surface area contributed by atoms with E-state index in [2.05, 4.69) is 21.3 Å². The number of furan rings is 1. The Kier molecular flexibility index (Phi) is 6.38. The van der Waals surface area contributed by atoms with Crippen LogP contribution in [-0.4, -0.2) is 55.8 Å². The van der Waals surface area contributed by atoms with E-state index in [1.54, 1.807) is 48.8 Å². The number of pyridine rings is 1. The van der Waals surface area contributed by atoms with Crippen LogP contribution in [0.1, 0.15) is 35.4 Å². The quantitative estimate of drug-likeness (QED) is 0.576. The number of carbonyl (C=O) groups excluding carboxylic acids is 1. The van der Waals surface area contributed by atoms with Crippen LogP contribution in [0.3, 0.4) is 0 Å². The molecule has 9 heteroatoms. The number of likely N-dealkylation sites (tertiary alicyclic amines) is 1. The molecule has 3 aromatic rings. The third-order valence-corrected chi connectivity index (χ3v) is 8.76. The number of aromatic nitrogens is 1. The molecule has 2 aromatic heterocycles. The maximum atomic E-state index is 13.2. The van der Waals surface area contributed by atoms with Crippen molar-refractivity contribution in [2.75, 3.05) is 26.3 Å². The summed E-state index contributed by atoms with van der Waals surface area (Å²) in [4.78, 5) is 19.0. The molecule has 5 rings (SSSR count). The van der Waals surface area contributed by atoms with Crippen LogP contribution < -0.4 is 5.32 Å². The molecule has 0 saturated carbocycles. The van der Waals surface area contributed by atoms with Crippen LogP contribution in [0.25, 0.3) is 11.0 Å². The van der Waals surface area contributed by atoms with E-state index in [1.165, 1.54) is 5.70 Å². The Bertz CT molecular complexity index is 1270. The van der Waals surface area contributed by atoms with Crippen molar-refractivity contribution in [3.63, 3.8) is 0 Å². The van der Waals surface area contributed by atoms with E-state index in [1.807, 2.05) is 0 Å². The van der Waals surface area contributed by atoms with Crippen molar-refractivity contribution in [2.24, 2.45) is 0 Å². The number of sulfone groups is 1.